The van der Waals surface area contributed by atoms with E-state index in [1.807, 2.05) is 13.0 Å². The largest absolute Gasteiger partial charge is 0.506 e. The molecule has 0 aromatic heterocycles. The first-order valence-corrected chi connectivity index (χ1v) is 13.4. The summed E-state index contributed by atoms with van der Waals surface area (Å²) in [6.07, 6.45) is 10.3. The zero-order valence-corrected chi connectivity index (χ0v) is 24.1. The van der Waals surface area contributed by atoms with Crippen molar-refractivity contribution in [3.63, 3.8) is 0 Å². The number of para-hydroxylation sites is 1. The number of amides is 1. The number of phenolic OH excluding ortho intramolecular Hbond substituents is 1. The molecular formula is C32H38N2O6. The van der Waals surface area contributed by atoms with Crippen LogP contribution in [0.2, 0.25) is 0 Å². The van der Waals surface area contributed by atoms with Crippen LogP contribution in [0.4, 0.5) is 17.1 Å². The van der Waals surface area contributed by atoms with Crippen molar-refractivity contribution in [1.29, 1.82) is 0 Å². The zero-order valence-electron chi connectivity index (χ0n) is 24.1. The molecule has 212 valence electrons. The molecule has 40 heavy (non-hydrogen) atoms. The fourth-order valence-electron chi connectivity index (χ4n) is 4.38. The summed E-state index contributed by atoms with van der Waals surface area (Å²) in [4.78, 5) is 38.7. The van der Waals surface area contributed by atoms with Gasteiger partial charge in [0.2, 0.25) is 0 Å². The summed E-state index contributed by atoms with van der Waals surface area (Å²) in [5.74, 6) is -1.44. The van der Waals surface area contributed by atoms with E-state index in [1.165, 1.54) is 42.0 Å². The Morgan fingerprint density at radius 2 is 1.52 bits per heavy atom. The molecule has 0 atom stereocenters. The third kappa shape index (κ3) is 8.09. The highest BCUT2D eigenvalue weighted by molar-refractivity contribution is 6.15. The van der Waals surface area contributed by atoms with E-state index in [0.717, 1.165) is 31.3 Å². The molecule has 1 heterocycles. The highest BCUT2D eigenvalue weighted by atomic mass is 16.5. The number of aromatic hydroxyl groups is 1. The number of esters is 2. The highest BCUT2D eigenvalue weighted by Gasteiger charge is 2.31. The SMILES string of the molecule is CC(=O)Oc1cc(O)c2c(c1)N(CC=C(C)CCC=C(C)CCC=C(C)C)C(=O)c1cccc(OC(C)=O)c1N2. The van der Waals surface area contributed by atoms with Crippen LogP contribution < -0.4 is 19.7 Å². The van der Waals surface area contributed by atoms with Gasteiger partial charge in [0.25, 0.3) is 5.91 Å². The molecule has 8 nitrogen and oxygen atoms in total. The highest BCUT2D eigenvalue weighted by Crippen LogP contribution is 2.46. The first kappa shape index (κ1) is 30.2. The second-order valence-corrected chi connectivity index (χ2v) is 10.2. The Labute approximate surface area is 236 Å². The van der Waals surface area contributed by atoms with E-state index in [2.05, 4.69) is 38.2 Å². The van der Waals surface area contributed by atoms with Gasteiger partial charge in [0.05, 0.1) is 16.9 Å². The van der Waals surface area contributed by atoms with Crippen molar-refractivity contribution in [1.82, 2.24) is 0 Å². The lowest BCUT2D eigenvalue weighted by Gasteiger charge is -2.23. The third-order valence-electron chi connectivity index (χ3n) is 6.37. The summed E-state index contributed by atoms with van der Waals surface area (Å²) in [6.45, 7) is 11.1. The second kappa shape index (κ2) is 13.6. The number of carbonyl (C=O) groups excluding carboxylic acids is 3. The number of hydrogen-bond donors (Lipinski definition) is 2. The molecular weight excluding hydrogens is 508 g/mol. The molecule has 3 rings (SSSR count). The van der Waals surface area contributed by atoms with Crippen molar-refractivity contribution < 1.29 is 29.0 Å². The van der Waals surface area contributed by atoms with Gasteiger partial charge in [-0.2, -0.15) is 0 Å². The molecule has 0 unspecified atom stereocenters. The average molecular weight is 547 g/mol. The number of rotatable bonds is 10. The predicted molar refractivity (Wildman–Crippen MR) is 158 cm³/mol. The number of hydrogen-bond acceptors (Lipinski definition) is 7. The van der Waals surface area contributed by atoms with Crippen molar-refractivity contribution in [2.45, 2.75) is 67.2 Å². The Morgan fingerprint density at radius 3 is 2.17 bits per heavy atom. The summed E-state index contributed by atoms with van der Waals surface area (Å²) in [5.41, 5.74) is 4.86. The average Bonchev–Trinajstić information content (AvgIpc) is 2.97. The lowest BCUT2D eigenvalue weighted by molar-refractivity contribution is -0.132. The number of ether oxygens (including phenoxy) is 2. The van der Waals surface area contributed by atoms with E-state index in [0.29, 0.717) is 5.69 Å². The number of carbonyl (C=O) groups is 3. The van der Waals surface area contributed by atoms with Crippen LogP contribution in [0.3, 0.4) is 0 Å². The summed E-state index contributed by atoms with van der Waals surface area (Å²) < 4.78 is 10.6. The lowest BCUT2D eigenvalue weighted by Crippen LogP contribution is -2.30. The van der Waals surface area contributed by atoms with E-state index in [1.54, 1.807) is 18.2 Å². The van der Waals surface area contributed by atoms with E-state index in [4.69, 9.17) is 9.47 Å². The monoisotopic (exact) mass is 546 g/mol. The van der Waals surface area contributed by atoms with Crippen LogP contribution in [0.5, 0.6) is 17.2 Å². The molecule has 8 heteroatoms. The number of phenols is 1. The molecule has 1 aliphatic heterocycles. The predicted octanol–water partition coefficient (Wildman–Crippen LogP) is 7.37. The standard InChI is InChI=1S/C32H38N2O6/c1-20(2)10-7-11-21(3)12-8-13-22(4)16-17-34-27-18-25(39-23(5)35)19-28(37)31(27)33-30-26(32(34)38)14-9-15-29(30)40-24(6)36/h9-10,12,14-16,18-19,33,37H,7-8,11,13,17H2,1-6H3. The summed E-state index contributed by atoms with van der Waals surface area (Å²) >= 11 is 0. The van der Waals surface area contributed by atoms with Crippen LogP contribution >= 0.6 is 0 Å². The Morgan fingerprint density at radius 1 is 0.875 bits per heavy atom. The van der Waals surface area contributed by atoms with Gasteiger partial charge >= 0.3 is 11.9 Å². The van der Waals surface area contributed by atoms with Gasteiger partial charge in [-0.25, -0.2) is 0 Å². The summed E-state index contributed by atoms with van der Waals surface area (Å²) in [5, 5.41) is 14.0. The van der Waals surface area contributed by atoms with Crippen molar-refractivity contribution in [2.24, 2.45) is 0 Å². The van der Waals surface area contributed by atoms with Gasteiger partial charge in [-0.3, -0.25) is 14.4 Å². The van der Waals surface area contributed by atoms with E-state index in [-0.39, 0.29) is 46.6 Å². The molecule has 2 aromatic rings. The first-order chi connectivity index (χ1) is 19.0. The molecule has 0 spiro atoms. The van der Waals surface area contributed by atoms with Crippen LogP contribution in [0.25, 0.3) is 0 Å². The molecule has 0 aliphatic carbocycles. The molecule has 0 radical (unpaired) electrons. The van der Waals surface area contributed by atoms with Gasteiger partial charge < -0.3 is 24.8 Å². The minimum atomic E-state index is -0.556. The molecule has 0 fully saturated rings. The van der Waals surface area contributed by atoms with Crippen molar-refractivity contribution in [2.75, 3.05) is 16.8 Å². The van der Waals surface area contributed by atoms with Crippen LogP contribution in [0.15, 0.2) is 65.3 Å². The minimum Gasteiger partial charge on any atom is -0.506 e. The van der Waals surface area contributed by atoms with Crippen LogP contribution in [-0.2, 0) is 9.59 Å². The molecule has 1 amide bonds. The van der Waals surface area contributed by atoms with Gasteiger partial charge in [0, 0.05) is 32.5 Å². The lowest BCUT2D eigenvalue weighted by atomic mass is 10.1. The zero-order chi connectivity index (χ0) is 29.4. The quantitative estimate of drug-likeness (QED) is 0.139. The van der Waals surface area contributed by atoms with E-state index in [9.17, 15) is 19.5 Å². The van der Waals surface area contributed by atoms with Crippen LogP contribution in [0.1, 0.15) is 77.6 Å². The molecule has 0 bridgehead atoms. The van der Waals surface area contributed by atoms with E-state index >= 15 is 0 Å². The van der Waals surface area contributed by atoms with Crippen molar-refractivity contribution in [3.8, 4) is 17.2 Å². The molecule has 1 aliphatic rings. The number of fused-ring (bicyclic) bond motifs is 2. The maximum atomic E-state index is 13.9. The maximum Gasteiger partial charge on any atom is 0.308 e. The number of anilines is 3. The van der Waals surface area contributed by atoms with Crippen molar-refractivity contribution >= 4 is 34.9 Å². The number of nitrogens with one attached hydrogen (secondary N) is 1. The number of benzene rings is 2. The van der Waals surface area contributed by atoms with Gasteiger partial charge in [0.15, 0.2) is 5.75 Å². The van der Waals surface area contributed by atoms with Crippen LogP contribution in [-0.4, -0.2) is 29.5 Å². The normalized spacial score (nSPS) is 13.1. The maximum absolute atomic E-state index is 13.9. The summed E-state index contributed by atoms with van der Waals surface area (Å²) in [7, 11) is 0. The summed E-state index contributed by atoms with van der Waals surface area (Å²) in [6, 6.07) is 7.64. The van der Waals surface area contributed by atoms with Gasteiger partial charge in [-0.05, 0) is 65.5 Å². The van der Waals surface area contributed by atoms with Gasteiger partial charge in [-0.1, -0.05) is 41.0 Å². The Kier molecular flexibility index (Phi) is 10.3. The fraction of sp³-hybridized carbons (Fsp3) is 0.344. The molecule has 2 N–H and O–H groups in total. The fourth-order valence-corrected chi connectivity index (χ4v) is 4.38. The van der Waals surface area contributed by atoms with Crippen molar-refractivity contribution in [3.05, 3.63) is 70.8 Å². The topological polar surface area (TPSA) is 105 Å². The molecule has 0 saturated heterocycles. The minimum absolute atomic E-state index is 0.101. The first-order valence-electron chi connectivity index (χ1n) is 13.4. The number of nitrogens with zero attached hydrogens (tertiary/aromatic N) is 1. The second-order valence-electron chi connectivity index (χ2n) is 10.2. The Balaban J connectivity index is 1.93. The molecule has 2 aromatic carbocycles. The Bertz CT molecular complexity index is 1380. The third-order valence-corrected chi connectivity index (χ3v) is 6.37. The Hall–Kier alpha value is -4.33. The van der Waals surface area contributed by atoms with E-state index < -0.39 is 11.9 Å². The molecule has 0 saturated carbocycles. The van der Waals surface area contributed by atoms with Gasteiger partial charge in [-0.15, -0.1) is 0 Å². The van der Waals surface area contributed by atoms with Gasteiger partial charge in [0.1, 0.15) is 17.2 Å². The van der Waals surface area contributed by atoms with Crippen LogP contribution in [0, 0.1) is 0 Å². The number of allylic oxidation sites excluding steroid dienone is 5. The smallest absolute Gasteiger partial charge is 0.308 e.